The number of nitrogens with one attached hydrogen (secondary N) is 1. The van der Waals surface area contributed by atoms with E-state index in [1.54, 1.807) is 0 Å². The number of carbonyl (C=O) groups is 2. The van der Waals surface area contributed by atoms with Gasteiger partial charge in [-0.1, -0.05) is 18.2 Å². The normalized spacial score (nSPS) is 12.2. The van der Waals surface area contributed by atoms with Gasteiger partial charge in [0.05, 0.1) is 19.3 Å². The fraction of sp³-hybridized carbons (Fsp3) is 0.263. The minimum atomic E-state index is -4.58. The monoisotopic (exact) mass is 415 g/mol. The van der Waals surface area contributed by atoms with Gasteiger partial charge in [0, 0.05) is 11.1 Å². The predicted molar refractivity (Wildman–Crippen MR) is 92.5 cm³/mol. The summed E-state index contributed by atoms with van der Waals surface area (Å²) < 4.78 is 62.7. The Labute approximate surface area is 163 Å². The van der Waals surface area contributed by atoms with Crippen LogP contribution in [0.4, 0.5) is 17.6 Å². The zero-order valence-electron chi connectivity index (χ0n) is 15.1. The maximum Gasteiger partial charge on any atom is 0.416 e. The Morgan fingerprint density at radius 1 is 1.17 bits per heavy atom. The molecule has 0 spiro atoms. The van der Waals surface area contributed by atoms with Crippen molar-refractivity contribution in [1.82, 2.24) is 5.32 Å². The summed E-state index contributed by atoms with van der Waals surface area (Å²) in [5, 5.41) is 11.3. The molecule has 10 heteroatoms. The molecule has 0 heterocycles. The van der Waals surface area contributed by atoms with Crippen molar-refractivity contribution in [3.8, 4) is 5.75 Å². The van der Waals surface area contributed by atoms with Crippen molar-refractivity contribution in [2.45, 2.75) is 18.8 Å². The first-order valence-corrected chi connectivity index (χ1v) is 8.24. The first kappa shape index (κ1) is 22.2. The van der Waals surface area contributed by atoms with Crippen LogP contribution >= 0.6 is 0 Å². The second-order valence-corrected chi connectivity index (χ2v) is 5.82. The topological polar surface area (TPSA) is 84.9 Å². The number of hydrogen-bond donors (Lipinski definition) is 2. The third-order valence-electron chi connectivity index (χ3n) is 3.87. The van der Waals surface area contributed by atoms with E-state index in [9.17, 15) is 27.2 Å². The van der Waals surface area contributed by atoms with Crippen LogP contribution in [0.3, 0.4) is 0 Å². The number of rotatable bonds is 7. The van der Waals surface area contributed by atoms with E-state index < -0.39 is 48.7 Å². The van der Waals surface area contributed by atoms with Gasteiger partial charge in [-0.3, -0.25) is 4.79 Å². The molecule has 0 aliphatic rings. The van der Waals surface area contributed by atoms with Crippen LogP contribution < -0.4 is 10.1 Å². The second kappa shape index (κ2) is 9.37. The molecule has 0 saturated carbocycles. The Hall–Kier alpha value is -3.14. The smallest absolute Gasteiger partial charge is 0.416 e. The van der Waals surface area contributed by atoms with E-state index in [2.05, 4.69) is 10.1 Å². The molecule has 29 heavy (non-hydrogen) atoms. The molecular weight excluding hydrogens is 398 g/mol. The van der Waals surface area contributed by atoms with E-state index in [-0.39, 0.29) is 16.9 Å². The van der Waals surface area contributed by atoms with Crippen molar-refractivity contribution in [2.24, 2.45) is 0 Å². The zero-order valence-corrected chi connectivity index (χ0v) is 15.1. The van der Waals surface area contributed by atoms with Crippen LogP contribution in [-0.4, -0.2) is 36.7 Å². The van der Waals surface area contributed by atoms with Crippen molar-refractivity contribution < 1.29 is 41.7 Å². The molecule has 0 bridgehead atoms. The summed E-state index contributed by atoms with van der Waals surface area (Å²) >= 11 is 0. The Morgan fingerprint density at radius 2 is 1.86 bits per heavy atom. The highest BCUT2D eigenvalue weighted by Gasteiger charge is 2.33. The van der Waals surface area contributed by atoms with E-state index in [0.717, 1.165) is 31.4 Å². The van der Waals surface area contributed by atoms with E-state index in [0.29, 0.717) is 0 Å². The molecule has 0 saturated heterocycles. The molecule has 0 aliphatic carbocycles. The van der Waals surface area contributed by atoms with Crippen molar-refractivity contribution in [3.05, 3.63) is 65.0 Å². The number of benzene rings is 2. The van der Waals surface area contributed by atoms with Gasteiger partial charge in [0.1, 0.15) is 6.61 Å². The van der Waals surface area contributed by atoms with E-state index >= 15 is 0 Å². The highest BCUT2D eigenvalue weighted by molar-refractivity contribution is 5.96. The lowest BCUT2D eigenvalue weighted by Crippen LogP contribution is -2.44. The number of alkyl halides is 3. The Kier molecular flexibility index (Phi) is 7.16. The van der Waals surface area contributed by atoms with Crippen molar-refractivity contribution in [1.29, 1.82) is 0 Å². The van der Waals surface area contributed by atoms with Gasteiger partial charge in [-0.05, 0) is 24.3 Å². The maximum atomic E-state index is 14.2. The van der Waals surface area contributed by atoms with Crippen LogP contribution in [0.2, 0.25) is 0 Å². The zero-order chi connectivity index (χ0) is 21.6. The third kappa shape index (κ3) is 5.67. The van der Waals surface area contributed by atoms with Gasteiger partial charge in [0.2, 0.25) is 0 Å². The fourth-order valence-corrected chi connectivity index (χ4v) is 2.40. The largest absolute Gasteiger partial charge is 0.486 e. The highest BCUT2D eigenvalue weighted by atomic mass is 19.4. The Balaban J connectivity index is 2.11. The molecule has 1 amide bonds. The Bertz CT molecular complexity index is 885. The second-order valence-electron chi connectivity index (χ2n) is 5.82. The van der Waals surface area contributed by atoms with Crippen LogP contribution in [0.1, 0.15) is 21.5 Å². The Morgan fingerprint density at radius 3 is 2.45 bits per heavy atom. The van der Waals surface area contributed by atoms with E-state index in [4.69, 9.17) is 9.84 Å². The number of carbonyl (C=O) groups excluding carboxylic acids is 2. The summed E-state index contributed by atoms with van der Waals surface area (Å²) in [5.41, 5.74) is -1.26. The van der Waals surface area contributed by atoms with Gasteiger partial charge in [0.25, 0.3) is 5.91 Å². The van der Waals surface area contributed by atoms with Crippen LogP contribution in [0, 0.1) is 5.82 Å². The molecule has 2 aromatic rings. The molecule has 2 rings (SSSR count). The van der Waals surface area contributed by atoms with Crippen LogP contribution in [0.25, 0.3) is 0 Å². The number of aliphatic hydroxyl groups is 1. The maximum absolute atomic E-state index is 14.2. The van der Waals surface area contributed by atoms with Crippen LogP contribution in [0.15, 0.2) is 42.5 Å². The molecular formula is C19H17F4NO5. The minimum absolute atomic E-state index is 0.176. The molecule has 1 atom stereocenters. The van der Waals surface area contributed by atoms with E-state index in [1.807, 2.05) is 0 Å². The first-order chi connectivity index (χ1) is 13.7. The van der Waals surface area contributed by atoms with Gasteiger partial charge in [-0.25, -0.2) is 9.18 Å². The number of esters is 1. The molecule has 2 aromatic carbocycles. The van der Waals surface area contributed by atoms with Crippen LogP contribution in [-0.2, 0) is 22.3 Å². The number of hydrogen-bond acceptors (Lipinski definition) is 5. The molecule has 0 fully saturated rings. The standard InChI is InChI=1S/C19H17F4NO5/c1-28-18(27)15(9-25)24-17(26)11-6-7-16(14(20)8-11)29-10-12-4-2-3-5-13(12)19(21,22)23/h2-8,15,25H,9-10H2,1H3,(H,24,26). The minimum Gasteiger partial charge on any atom is -0.486 e. The van der Waals surface area contributed by atoms with Gasteiger partial charge < -0.3 is 19.9 Å². The number of halogens is 4. The SMILES string of the molecule is COC(=O)C(CO)NC(=O)c1ccc(OCc2ccccc2C(F)(F)F)c(F)c1. The number of amides is 1. The van der Waals surface area contributed by atoms with Gasteiger partial charge in [-0.15, -0.1) is 0 Å². The quantitative estimate of drug-likeness (QED) is 0.537. The molecule has 2 N–H and O–H groups in total. The predicted octanol–water partition coefficient (Wildman–Crippen LogP) is 2.69. The van der Waals surface area contributed by atoms with Gasteiger partial charge in [0.15, 0.2) is 17.6 Å². The molecule has 6 nitrogen and oxygen atoms in total. The summed E-state index contributed by atoms with van der Waals surface area (Å²) in [6.45, 7) is -1.26. The first-order valence-electron chi connectivity index (χ1n) is 8.24. The number of ether oxygens (including phenoxy) is 2. The van der Waals surface area contributed by atoms with Crippen molar-refractivity contribution in [3.63, 3.8) is 0 Å². The van der Waals surface area contributed by atoms with Crippen molar-refractivity contribution in [2.75, 3.05) is 13.7 Å². The summed E-state index contributed by atoms with van der Waals surface area (Å²) in [4.78, 5) is 23.4. The van der Waals surface area contributed by atoms with Gasteiger partial charge in [-0.2, -0.15) is 13.2 Å². The average molecular weight is 415 g/mol. The summed E-state index contributed by atoms with van der Waals surface area (Å²) in [6.07, 6.45) is -4.58. The third-order valence-corrected chi connectivity index (χ3v) is 3.87. The van der Waals surface area contributed by atoms with Crippen LogP contribution in [0.5, 0.6) is 5.75 Å². The summed E-state index contributed by atoms with van der Waals surface area (Å²) in [7, 11) is 1.07. The molecule has 0 aliphatic heterocycles. The van der Waals surface area contributed by atoms with Crippen molar-refractivity contribution >= 4 is 11.9 Å². The average Bonchev–Trinajstić information content (AvgIpc) is 2.69. The molecule has 0 aromatic heterocycles. The molecule has 156 valence electrons. The lowest BCUT2D eigenvalue weighted by molar-refractivity contribution is -0.144. The lowest BCUT2D eigenvalue weighted by atomic mass is 10.1. The van der Waals surface area contributed by atoms with Gasteiger partial charge >= 0.3 is 12.1 Å². The summed E-state index contributed by atoms with van der Waals surface area (Å²) in [6, 6.07) is 6.44. The fourth-order valence-electron chi connectivity index (χ4n) is 2.40. The summed E-state index contributed by atoms with van der Waals surface area (Å²) in [5.74, 6) is -3.09. The lowest BCUT2D eigenvalue weighted by Gasteiger charge is -2.15. The number of methoxy groups -OCH3 is 1. The number of aliphatic hydroxyl groups excluding tert-OH is 1. The molecule has 0 radical (unpaired) electrons. The van der Waals surface area contributed by atoms with E-state index in [1.165, 1.54) is 18.2 Å². The highest BCUT2D eigenvalue weighted by Crippen LogP contribution is 2.32. The molecule has 1 unspecified atom stereocenters.